The van der Waals surface area contributed by atoms with E-state index in [9.17, 15) is 13.2 Å². The number of carbonyl (C=O) groups is 1. The molecule has 192 valence electrons. The van der Waals surface area contributed by atoms with Crippen molar-refractivity contribution in [2.45, 2.75) is 11.4 Å². The number of ether oxygens (including phenoxy) is 4. The Labute approximate surface area is 211 Å². The van der Waals surface area contributed by atoms with Crippen molar-refractivity contribution in [2.24, 2.45) is 0 Å². The maximum Gasteiger partial charge on any atom is 0.264 e. The maximum absolute atomic E-state index is 13.7. The molecule has 0 atom stereocenters. The van der Waals surface area contributed by atoms with E-state index in [1.807, 2.05) is 6.07 Å². The fourth-order valence-corrected chi connectivity index (χ4v) is 5.03. The zero-order valence-corrected chi connectivity index (χ0v) is 21.7. The number of para-hydroxylation sites is 1. The molecule has 0 unspecified atom stereocenters. The molecule has 0 saturated heterocycles. The second kappa shape index (κ2) is 11.7. The molecule has 0 aromatic heterocycles. The van der Waals surface area contributed by atoms with E-state index in [0.717, 1.165) is 9.87 Å². The van der Waals surface area contributed by atoms with Crippen LogP contribution in [0.1, 0.15) is 5.56 Å². The van der Waals surface area contributed by atoms with Crippen LogP contribution >= 0.6 is 0 Å². The summed E-state index contributed by atoms with van der Waals surface area (Å²) in [5.74, 6) is 1.39. The normalized spacial score (nSPS) is 10.9. The SMILES string of the molecule is COc1ccc(CN(C)C(=O)CN(c2ccccc2)S(=O)(=O)c2ccc(OC)c(OC)c2)cc1OC. The molecule has 0 aliphatic rings. The molecule has 0 bridgehead atoms. The summed E-state index contributed by atoms with van der Waals surface area (Å²) in [6, 6.07) is 18.1. The summed E-state index contributed by atoms with van der Waals surface area (Å²) in [4.78, 5) is 14.7. The molecular weight excluding hydrogens is 484 g/mol. The number of anilines is 1. The van der Waals surface area contributed by atoms with E-state index in [-0.39, 0.29) is 17.2 Å². The molecule has 36 heavy (non-hydrogen) atoms. The van der Waals surface area contributed by atoms with Crippen molar-refractivity contribution in [2.75, 3.05) is 46.3 Å². The third-order valence-electron chi connectivity index (χ3n) is 5.56. The summed E-state index contributed by atoms with van der Waals surface area (Å²) in [6.45, 7) is -0.150. The number of nitrogens with zero attached hydrogens (tertiary/aromatic N) is 2. The van der Waals surface area contributed by atoms with Gasteiger partial charge in [-0.1, -0.05) is 24.3 Å². The maximum atomic E-state index is 13.7. The monoisotopic (exact) mass is 514 g/mol. The first-order chi connectivity index (χ1) is 17.2. The molecule has 0 aliphatic heterocycles. The number of sulfonamides is 1. The van der Waals surface area contributed by atoms with E-state index in [2.05, 4.69) is 0 Å². The number of carbonyl (C=O) groups excluding carboxylic acids is 1. The van der Waals surface area contributed by atoms with Crippen LogP contribution < -0.4 is 23.3 Å². The zero-order chi connectivity index (χ0) is 26.3. The molecule has 3 rings (SSSR count). The molecule has 0 heterocycles. The van der Waals surface area contributed by atoms with Crippen LogP contribution in [0.4, 0.5) is 5.69 Å². The first kappa shape index (κ1) is 26.7. The smallest absolute Gasteiger partial charge is 0.264 e. The predicted octanol–water partition coefficient (Wildman–Crippen LogP) is 3.57. The van der Waals surface area contributed by atoms with Crippen LogP contribution in [0.5, 0.6) is 23.0 Å². The number of amides is 1. The third-order valence-corrected chi connectivity index (χ3v) is 7.33. The number of methoxy groups -OCH3 is 4. The van der Waals surface area contributed by atoms with E-state index in [0.29, 0.717) is 22.9 Å². The van der Waals surface area contributed by atoms with Gasteiger partial charge in [0.1, 0.15) is 6.54 Å². The molecule has 0 N–H and O–H groups in total. The largest absolute Gasteiger partial charge is 0.493 e. The Bertz CT molecular complexity index is 1300. The molecule has 1 amide bonds. The van der Waals surface area contributed by atoms with Crippen molar-refractivity contribution in [3.8, 4) is 23.0 Å². The second-order valence-corrected chi connectivity index (χ2v) is 9.67. The summed E-state index contributed by atoms with van der Waals surface area (Å²) in [5.41, 5.74) is 1.16. The summed E-state index contributed by atoms with van der Waals surface area (Å²) in [6.07, 6.45) is 0. The lowest BCUT2D eigenvalue weighted by molar-refractivity contribution is -0.128. The molecular formula is C26H30N2O7S. The first-order valence-corrected chi connectivity index (χ1v) is 12.4. The van der Waals surface area contributed by atoms with Gasteiger partial charge in [-0.25, -0.2) is 8.42 Å². The molecule has 0 radical (unpaired) electrons. The number of likely N-dealkylation sites (N-methyl/N-ethyl adjacent to an activating group) is 1. The Kier molecular flexibility index (Phi) is 8.65. The van der Waals surface area contributed by atoms with Crippen LogP contribution in [-0.2, 0) is 21.4 Å². The van der Waals surface area contributed by atoms with Gasteiger partial charge in [0.25, 0.3) is 10.0 Å². The molecule has 3 aromatic rings. The van der Waals surface area contributed by atoms with Gasteiger partial charge >= 0.3 is 0 Å². The lowest BCUT2D eigenvalue weighted by Crippen LogP contribution is -2.41. The average molecular weight is 515 g/mol. The van der Waals surface area contributed by atoms with Crippen LogP contribution in [-0.4, -0.2) is 61.3 Å². The topological polar surface area (TPSA) is 94.6 Å². The summed E-state index contributed by atoms with van der Waals surface area (Å²) < 4.78 is 49.6. The lowest BCUT2D eigenvalue weighted by atomic mass is 10.2. The zero-order valence-electron chi connectivity index (χ0n) is 20.9. The highest BCUT2D eigenvalue weighted by Crippen LogP contribution is 2.32. The van der Waals surface area contributed by atoms with E-state index in [4.69, 9.17) is 18.9 Å². The third kappa shape index (κ3) is 5.83. The average Bonchev–Trinajstić information content (AvgIpc) is 2.91. The van der Waals surface area contributed by atoms with E-state index < -0.39 is 22.5 Å². The van der Waals surface area contributed by atoms with Gasteiger partial charge in [-0.2, -0.15) is 0 Å². The second-order valence-electron chi connectivity index (χ2n) is 7.80. The van der Waals surface area contributed by atoms with Gasteiger partial charge in [0.15, 0.2) is 23.0 Å². The molecule has 0 spiro atoms. The van der Waals surface area contributed by atoms with Gasteiger partial charge in [-0.3, -0.25) is 9.10 Å². The van der Waals surface area contributed by atoms with Crippen molar-refractivity contribution in [1.29, 1.82) is 0 Å². The molecule has 3 aromatic carbocycles. The molecule has 9 nitrogen and oxygen atoms in total. The Hall–Kier alpha value is -3.92. The molecule has 0 aliphatic carbocycles. The van der Waals surface area contributed by atoms with E-state index in [1.165, 1.54) is 44.4 Å². The molecule has 10 heteroatoms. The van der Waals surface area contributed by atoms with E-state index >= 15 is 0 Å². The van der Waals surface area contributed by atoms with Gasteiger partial charge < -0.3 is 23.8 Å². The number of hydrogen-bond donors (Lipinski definition) is 0. The highest BCUT2D eigenvalue weighted by atomic mass is 32.2. The van der Waals surface area contributed by atoms with Gasteiger partial charge in [0.05, 0.1) is 39.0 Å². The summed E-state index contributed by atoms with van der Waals surface area (Å²) in [5, 5.41) is 0. The highest BCUT2D eigenvalue weighted by molar-refractivity contribution is 7.92. The van der Waals surface area contributed by atoms with Crippen LogP contribution in [0, 0.1) is 0 Å². The fourth-order valence-electron chi connectivity index (χ4n) is 3.60. The van der Waals surface area contributed by atoms with Gasteiger partial charge in [0, 0.05) is 19.7 Å². The Morgan fingerprint density at radius 1 is 0.750 bits per heavy atom. The highest BCUT2D eigenvalue weighted by Gasteiger charge is 2.29. The number of hydrogen-bond acceptors (Lipinski definition) is 7. The van der Waals surface area contributed by atoms with Crippen molar-refractivity contribution in [3.63, 3.8) is 0 Å². The quantitative estimate of drug-likeness (QED) is 0.386. The fraction of sp³-hybridized carbons (Fsp3) is 0.269. The number of benzene rings is 3. The Balaban J connectivity index is 1.90. The van der Waals surface area contributed by atoms with Gasteiger partial charge in [0.2, 0.25) is 5.91 Å². The standard InChI is InChI=1S/C26H30N2O7S/c1-27(17-19-11-13-22(32-2)24(15-19)34-4)26(29)18-28(20-9-7-6-8-10-20)36(30,31)21-12-14-23(33-3)25(16-21)35-5/h6-16H,17-18H2,1-5H3. The predicted molar refractivity (Wildman–Crippen MR) is 137 cm³/mol. The molecule has 0 saturated carbocycles. The Morgan fingerprint density at radius 3 is 1.89 bits per heavy atom. The minimum absolute atomic E-state index is 0.0284. The van der Waals surface area contributed by atoms with Crippen LogP contribution in [0.25, 0.3) is 0 Å². The molecule has 0 fully saturated rings. The summed E-state index contributed by atoms with van der Waals surface area (Å²) in [7, 11) is 3.47. The Morgan fingerprint density at radius 2 is 1.31 bits per heavy atom. The van der Waals surface area contributed by atoms with Gasteiger partial charge in [-0.15, -0.1) is 0 Å². The lowest BCUT2D eigenvalue weighted by Gasteiger charge is -2.27. The van der Waals surface area contributed by atoms with Crippen molar-refractivity contribution < 1.29 is 32.2 Å². The van der Waals surface area contributed by atoms with Gasteiger partial charge in [-0.05, 0) is 42.0 Å². The van der Waals surface area contributed by atoms with Crippen LogP contribution in [0.2, 0.25) is 0 Å². The number of rotatable bonds is 11. The van der Waals surface area contributed by atoms with E-state index in [1.54, 1.807) is 56.6 Å². The summed E-state index contributed by atoms with van der Waals surface area (Å²) >= 11 is 0. The van der Waals surface area contributed by atoms with Crippen LogP contribution in [0.15, 0.2) is 71.6 Å². The van der Waals surface area contributed by atoms with Crippen LogP contribution in [0.3, 0.4) is 0 Å². The van der Waals surface area contributed by atoms with Crippen molar-refractivity contribution in [3.05, 3.63) is 72.3 Å². The minimum atomic E-state index is -4.12. The van der Waals surface area contributed by atoms with Crippen molar-refractivity contribution >= 4 is 21.6 Å². The van der Waals surface area contributed by atoms with Crippen molar-refractivity contribution in [1.82, 2.24) is 4.90 Å². The first-order valence-electron chi connectivity index (χ1n) is 11.0. The minimum Gasteiger partial charge on any atom is -0.493 e.